The zero-order valence-electron chi connectivity index (χ0n) is 10.0. The number of rotatable bonds is 4. The average molecular weight is 211 g/mol. The van der Waals surface area contributed by atoms with Gasteiger partial charge in [-0.15, -0.1) is 0 Å². The Morgan fingerprint density at radius 2 is 2.07 bits per heavy atom. The van der Waals surface area contributed by atoms with E-state index in [2.05, 4.69) is 6.92 Å². The maximum absolute atomic E-state index is 6.34. The van der Waals surface area contributed by atoms with Crippen LogP contribution in [-0.2, 0) is 4.74 Å². The molecule has 1 heterocycles. The predicted molar refractivity (Wildman–Crippen MR) is 62.8 cm³/mol. The van der Waals surface area contributed by atoms with Crippen molar-refractivity contribution in [2.45, 2.75) is 70.4 Å². The molecule has 2 fully saturated rings. The minimum absolute atomic E-state index is 0.393. The number of hydrogen-bond acceptors (Lipinski definition) is 2. The highest BCUT2D eigenvalue weighted by atomic mass is 16.5. The first kappa shape index (κ1) is 11.4. The molecule has 2 nitrogen and oxygen atoms in total. The molecule has 0 radical (unpaired) electrons. The summed E-state index contributed by atoms with van der Waals surface area (Å²) in [4.78, 5) is 0. The molecule has 0 aromatic heterocycles. The van der Waals surface area contributed by atoms with Gasteiger partial charge in [0.15, 0.2) is 0 Å². The molecule has 15 heavy (non-hydrogen) atoms. The maximum atomic E-state index is 6.34. The minimum Gasteiger partial charge on any atom is -0.378 e. The molecule has 1 aliphatic carbocycles. The minimum atomic E-state index is 0.393. The molecular weight excluding hydrogens is 186 g/mol. The third kappa shape index (κ3) is 2.73. The van der Waals surface area contributed by atoms with Crippen LogP contribution in [-0.4, -0.2) is 18.8 Å². The highest BCUT2D eigenvalue weighted by Gasteiger charge is 2.34. The Balaban J connectivity index is 1.73. The zero-order valence-corrected chi connectivity index (χ0v) is 10.0. The zero-order chi connectivity index (χ0) is 10.7. The first-order valence-electron chi connectivity index (χ1n) is 6.58. The van der Waals surface area contributed by atoms with E-state index in [0.29, 0.717) is 17.6 Å². The van der Waals surface area contributed by atoms with E-state index >= 15 is 0 Å². The van der Waals surface area contributed by atoms with Gasteiger partial charge >= 0.3 is 0 Å². The first-order chi connectivity index (χ1) is 7.21. The molecule has 0 aromatic rings. The van der Waals surface area contributed by atoms with Crippen molar-refractivity contribution in [3.05, 3.63) is 0 Å². The largest absolute Gasteiger partial charge is 0.378 e. The molecule has 2 aliphatic rings. The summed E-state index contributed by atoms with van der Waals surface area (Å²) in [5.74, 6) is 0. The van der Waals surface area contributed by atoms with Crippen LogP contribution in [0.5, 0.6) is 0 Å². The second kappa shape index (κ2) is 4.84. The van der Waals surface area contributed by atoms with Crippen LogP contribution < -0.4 is 5.73 Å². The van der Waals surface area contributed by atoms with Crippen molar-refractivity contribution in [3.63, 3.8) is 0 Å². The summed E-state index contributed by atoms with van der Waals surface area (Å²) in [6.45, 7) is 3.34. The second-order valence-corrected chi connectivity index (χ2v) is 5.68. The summed E-state index contributed by atoms with van der Waals surface area (Å²) in [5.41, 5.74) is 6.76. The second-order valence-electron chi connectivity index (χ2n) is 5.68. The van der Waals surface area contributed by atoms with E-state index in [0.717, 1.165) is 13.0 Å². The van der Waals surface area contributed by atoms with Crippen molar-refractivity contribution in [1.29, 1.82) is 0 Å². The smallest absolute Gasteiger partial charge is 0.0576 e. The quantitative estimate of drug-likeness (QED) is 0.776. The Bertz CT molecular complexity index is 193. The highest BCUT2D eigenvalue weighted by molar-refractivity contribution is 4.89. The fourth-order valence-corrected chi connectivity index (χ4v) is 3.14. The average Bonchev–Trinajstić information content (AvgIpc) is 2.85. The summed E-state index contributed by atoms with van der Waals surface area (Å²) in [5, 5.41) is 0. The lowest BCUT2D eigenvalue weighted by Crippen LogP contribution is -2.38. The molecular formula is C13H25NO. The maximum Gasteiger partial charge on any atom is 0.0576 e. The number of hydrogen-bond donors (Lipinski definition) is 1. The van der Waals surface area contributed by atoms with Gasteiger partial charge in [0, 0.05) is 12.6 Å². The summed E-state index contributed by atoms with van der Waals surface area (Å²) in [6, 6.07) is 0.393. The van der Waals surface area contributed by atoms with Gasteiger partial charge in [0.05, 0.1) is 6.10 Å². The molecule has 0 spiro atoms. The summed E-state index contributed by atoms with van der Waals surface area (Å²) >= 11 is 0. The van der Waals surface area contributed by atoms with E-state index in [-0.39, 0.29) is 0 Å². The fourth-order valence-electron chi connectivity index (χ4n) is 3.14. The Labute approximate surface area is 93.6 Å². The van der Waals surface area contributed by atoms with E-state index in [1.165, 1.54) is 44.9 Å². The van der Waals surface area contributed by atoms with Crippen molar-refractivity contribution in [2.24, 2.45) is 11.1 Å². The van der Waals surface area contributed by atoms with Crippen molar-refractivity contribution in [3.8, 4) is 0 Å². The van der Waals surface area contributed by atoms with Gasteiger partial charge in [-0.2, -0.15) is 0 Å². The fraction of sp³-hybridized carbons (Fsp3) is 1.00. The highest BCUT2D eigenvalue weighted by Crippen LogP contribution is 2.41. The van der Waals surface area contributed by atoms with Crippen molar-refractivity contribution < 1.29 is 4.74 Å². The molecule has 0 bridgehead atoms. The van der Waals surface area contributed by atoms with Gasteiger partial charge in [-0.3, -0.25) is 0 Å². The van der Waals surface area contributed by atoms with Gasteiger partial charge in [0.1, 0.15) is 0 Å². The summed E-state index contributed by atoms with van der Waals surface area (Å²) in [7, 11) is 0. The summed E-state index contributed by atoms with van der Waals surface area (Å²) in [6.07, 6.45) is 10.8. The molecule has 1 saturated heterocycles. The molecule has 88 valence electrons. The molecule has 0 aromatic carbocycles. The van der Waals surface area contributed by atoms with E-state index in [1.54, 1.807) is 0 Å². The van der Waals surface area contributed by atoms with Gasteiger partial charge in [0.25, 0.3) is 0 Å². The van der Waals surface area contributed by atoms with Gasteiger partial charge in [-0.05, 0) is 43.9 Å². The van der Waals surface area contributed by atoms with Crippen LogP contribution in [0.15, 0.2) is 0 Å². The lowest BCUT2D eigenvalue weighted by atomic mass is 9.79. The number of ether oxygens (including phenoxy) is 1. The van der Waals surface area contributed by atoms with E-state index in [1.807, 2.05) is 0 Å². The predicted octanol–water partition coefficient (Wildman–Crippen LogP) is 2.85. The van der Waals surface area contributed by atoms with Crippen molar-refractivity contribution in [2.75, 3.05) is 6.61 Å². The third-order valence-electron chi connectivity index (χ3n) is 4.46. The van der Waals surface area contributed by atoms with Crippen LogP contribution >= 0.6 is 0 Å². The van der Waals surface area contributed by atoms with Crippen LogP contribution in [0, 0.1) is 5.41 Å². The molecule has 2 heteroatoms. The van der Waals surface area contributed by atoms with Gasteiger partial charge in [-0.1, -0.05) is 19.8 Å². The monoisotopic (exact) mass is 211 g/mol. The Morgan fingerprint density at radius 1 is 1.33 bits per heavy atom. The molecule has 2 atom stereocenters. The lowest BCUT2D eigenvalue weighted by Gasteiger charge is -2.31. The SMILES string of the molecule is CC1(C(N)CCC2CCCO2)CCCC1. The normalized spacial score (nSPS) is 32.0. The molecule has 2 unspecified atom stereocenters. The third-order valence-corrected chi connectivity index (χ3v) is 4.46. The van der Waals surface area contributed by atoms with Crippen molar-refractivity contribution in [1.82, 2.24) is 0 Å². The van der Waals surface area contributed by atoms with Gasteiger partial charge < -0.3 is 10.5 Å². The van der Waals surface area contributed by atoms with Crippen molar-refractivity contribution >= 4 is 0 Å². The summed E-state index contributed by atoms with van der Waals surface area (Å²) < 4.78 is 5.64. The molecule has 2 N–H and O–H groups in total. The Kier molecular flexibility index (Phi) is 3.68. The van der Waals surface area contributed by atoms with Gasteiger partial charge in [-0.25, -0.2) is 0 Å². The van der Waals surface area contributed by atoms with E-state index in [9.17, 15) is 0 Å². The van der Waals surface area contributed by atoms with Crippen LogP contribution in [0.4, 0.5) is 0 Å². The molecule has 1 saturated carbocycles. The van der Waals surface area contributed by atoms with E-state index < -0.39 is 0 Å². The van der Waals surface area contributed by atoms with Crippen LogP contribution in [0.1, 0.15) is 58.3 Å². The topological polar surface area (TPSA) is 35.2 Å². The number of nitrogens with two attached hydrogens (primary N) is 1. The first-order valence-corrected chi connectivity index (χ1v) is 6.58. The van der Waals surface area contributed by atoms with Crippen LogP contribution in [0.2, 0.25) is 0 Å². The molecule has 1 aliphatic heterocycles. The van der Waals surface area contributed by atoms with E-state index in [4.69, 9.17) is 10.5 Å². The molecule has 0 amide bonds. The standard InChI is InChI=1S/C13H25NO/c1-13(8-2-3-9-13)12(14)7-6-11-5-4-10-15-11/h11-12H,2-10,14H2,1H3. The van der Waals surface area contributed by atoms with Gasteiger partial charge in [0.2, 0.25) is 0 Å². The lowest BCUT2D eigenvalue weighted by molar-refractivity contribution is 0.0948. The Morgan fingerprint density at radius 3 is 2.67 bits per heavy atom. The Hall–Kier alpha value is -0.0800. The molecule has 2 rings (SSSR count). The van der Waals surface area contributed by atoms with Crippen LogP contribution in [0.25, 0.3) is 0 Å². The van der Waals surface area contributed by atoms with Crippen LogP contribution in [0.3, 0.4) is 0 Å².